The predicted molar refractivity (Wildman–Crippen MR) is 134 cm³/mol. The average molecular weight is 526 g/mol. The van der Waals surface area contributed by atoms with Gasteiger partial charge in [-0.2, -0.15) is 0 Å². The zero-order valence-corrected chi connectivity index (χ0v) is 24.8. The van der Waals surface area contributed by atoms with E-state index in [9.17, 15) is 28.0 Å². The zero-order valence-electron chi connectivity index (χ0n) is 22.0. The zero-order chi connectivity index (χ0) is 25.2. The van der Waals surface area contributed by atoms with E-state index in [0.29, 0.717) is 31.9 Å². The van der Waals surface area contributed by atoms with Crippen LogP contribution in [0.25, 0.3) is 0 Å². The number of carbonyl (C=O) groups is 1. The standard InChI is InChI=1S/C25H46N2O6S.Na/c1-2-3-4-5-6-7-8-9-10-11-12-13-14-15-16-24(30)25-26(19-20-28)17-18-27(25)21-23(29)22-34(31,32)33;/h9-10,23,28-29H,2-8,11-22H2,1H3;/q;+1/b10-9+;. The first kappa shape index (κ1) is 34.7. The number of ketones is 1. The van der Waals surface area contributed by atoms with Crippen LogP contribution in [0, 0.1) is 0 Å². The van der Waals surface area contributed by atoms with Crippen LogP contribution in [-0.2, 0) is 14.9 Å². The van der Waals surface area contributed by atoms with E-state index in [-0.39, 0.29) is 48.5 Å². The molecule has 0 aromatic carbocycles. The molecule has 0 spiro atoms. The SMILES string of the molecule is CCCCCCCC/C=C/CCCCCCC(=O)C1=[N+](CC(O)CS(=O)(=O)[O-])CCN1CCO.[Na+]. The summed E-state index contributed by atoms with van der Waals surface area (Å²) >= 11 is 0. The average Bonchev–Trinajstić information content (AvgIpc) is 3.14. The maximum atomic E-state index is 12.9. The molecule has 0 aromatic heterocycles. The fraction of sp³-hybridized carbons (Fsp3) is 0.840. The number of aliphatic hydroxyl groups excluding tert-OH is 2. The number of amidine groups is 1. The molecule has 1 aliphatic heterocycles. The summed E-state index contributed by atoms with van der Waals surface area (Å²) in [5.41, 5.74) is 0. The molecule has 1 unspecified atom stereocenters. The number of β-amino-alcohol motifs (C(OH)–C–C–N with tert-alkyl or cyclic N) is 2. The molecule has 0 aromatic rings. The van der Waals surface area contributed by atoms with E-state index >= 15 is 0 Å². The molecule has 0 bridgehead atoms. The van der Waals surface area contributed by atoms with Crippen molar-refractivity contribution in [1.29, 1.82) is 0 Å². The molecule has 1 atom stereocenters. The van der Waals surface area contributed by atoms with Gasteiger partial charge in [-0.3, -0.25) is 14.3 Å². The van der Waals surface area contributed by atoms with Crippen molar-refractivity contribution in [2.45, 2.75) is 96.5 Å². The van der Waals surface area contributed by atoms with Gasteiger partial charge < -0.3 is 14.8 Å². The molecule has 1 rings (SSSR count). The van der Waals surface area contributed by atoms with Crippen molar-refractivity contribution in [3.8, 4) is 0 Å². The fourth-order valence-corrected chi connectivity index (χ4v) is 4.93. The quantitative estimate of drug-likeness (QED) is 0.0702. The monoisotopic (exact) mass is 525 g/mol. The van der Waals surface area contributed by atoms with E-state index < -0.39 is 22.0 Å². The van der Waals surface area contributed by atoms with Gasteiger partial charge in [-0.25, -0.2) is 8.42 Å². The van der Waals surface area contributed by atoms with Gasteiger partial charge in [0.1, 0.15) is 32.3 Å². The second-order valence-corrected chi connectivity index (χ2v) is 10.7. The molecule has 0 radical (unpaired) electrons. The number of unbranched alkanes of at least 4 members (excludes halogenated alkanes) is 10. The summed E-state index contributed by atoms with van der Waals surface area (Å²) < 4.78 is 34.3. The molecule has 1 aliphatic rings. The molecule has 35 heavy (non-hydrogen) atoms. The molecule has 0 fully saturated rings. The van der Waals surface area contributed by atoms with Gasteiger partial charge in [-0.1, -0.05) is 64.0 Å². The van der Waals surface area contributed by atoms with Crippen LogP contribution in [0.1, 0.15) is 90.4 Å². The van der Waals surface area contributed by atoms with Gasteiger partial charge >= 0.3 is 35.4 Å². The van der Waals surface area contributed by atoms with Crippen molar-refractivity contribution in [2.24, 2.45) is 0 Å². The Morgan fingerprint density at radius 1 is 1.06 bits per heavy atom. The predicted octanol–water partition coefficient (Wildman–Crippen LogP) is -0.168. The minimum atomic E-state index is -4.54. The minimum Gasteiger partial charge on any atom is -0.748 e. The first-order valence-corrected chi connectivity index (χ1v) is 14.6. The van der Waals surface area contributed by atoms with Crippen molar-refractivity contribution in [3.63, 3.8) is 0 Å². The summed E-state index contributed by atoms with van der Waals surface area (Å²) in [7, 11) is -4.54. The van der Waals surface area contributed by atoms with Crippen molar-refractivity contribution >= 4 is 21.7 Å². The van der Waals surface area contributed by atoms with Gasteiger partial charge in [0.2, 0.25) is 5.78 Å². The van der Waals surface area contributed by atoms with Crippen LogP contribution in [0.4, 0.5) is 0 Å². The van der Waals surface area contributed by atoms with E-state index in [1.807, 2.05) is 0 Å². The third-order valence-corrected chi connectivity index (χ3v) is 6.89. The summed E-state index contributed by atoms with van der Waals surface area (Å²) in [6.45, 7) is 3.31. The van der Waals surface area contributed by atoms with Gasteiger partial charge in [-0.05, 0) is 32.1 Å². The Labute approximate surface area is 234 Å². The van der Waals surface area contributed by atoms with Crippen LogP contribution in [-0.4, -0.2) is 88.9 Å². The van der Waals surface area contributed by atoms with E-state index in [1.54, 1.807) is 9.48 Å². The molecule has 0 saturated carbocycles. The number of hydrogen-bond donors (Lipinski definition) is 2. The molecular weight excluding hydrogens is 479 g/mol. The number of allylic oxidation sites excluding steroid dienone is 2. The number of rotatable bonds is 21. The van der Waals surface area contributed by atoms with Gasteiger partial charge in [0.05, 0.1) is 22.5 Å². The summed E-state index contributed by atoms with van der Waals surface area (Å²) in [6, 6.07) is 0. The van der Waals surface area contributed by atoms with Crippen molar-refractivity contribution < 1.29 is 62.1 Å². The normalized spacial score (nSPS) is 15.1. The van der Waals surface area contributed by atoms with Crippen LogP contribution < -0.4 is 29.6 Å². The first-order chi connectivity index (χ1) is 16.3. The summed E-state index contributed by atoms with van der Waals surface area (Å²) in [5.74, 6) is -0.533. The molecule has 0 amide bonds. The van der Waals surface area contributed by atoms with Gasteiger partial charge in [-0.15, -0.1) is 0 Å². The van der Waals surface area contributed by atoms with Crippen LogP contribution in [0.5, 0.6) is 0 Å². The second kappa shape index (κ2) is 20.7. The molecule has 0 saturated heterocycles. The Morgan fingerprint density at radius 2 is 1.63 bits per heavy atom. The van der Waals surface area contributed by atoms with Crippen LogP contribution in [0.15, 0.2) is 12.2 Å². The van der Waals surface area contributed by atoms with E-state index in [0.717, 1.165) is 38.5 Å². The van der Waals surface area contributed by atoms with E-state index in [1.165, 1.54) is 38.5 Å². The van der Waals surface area contributed by atoms with E-state index in [2.05, 4.69) is 19.1 Å². The fourth-order valence-electron chi connectivity index (χ4n) is 4.36. The number of Topliss-reactive ketones (excluding diaryl/α,β-unsaturated/α-hetero) is 1. The number of nitrogens with zero attached hydrogens (tertiary/aromatic N) is 2. The molecule has 198 valence electrons. The summed E-state index contributed by atoms with van der Waals surface area (Å²) in [6.07, 6.45) is 17.6. The maximum absolute atomic E-state index is 12.9. The van der Waals surface area contributed by atoms with Crippen molar-refractivity contribution in [2.75, 3.05) is 38.5 Å². The number of carbonyl (C=O) groups excluding carboxylic acids is 1. The number of hydrogen-bond acceptors (Lipinski definition) is 7. The first-order valence-electron chi connectivity index (χ1n) is 13.1. The molecule has 1 heterocycles. The van der Waals surface area contributed by atoms with Gasteiger partial charge in [0.15, 0.2) is 0 Å². The topological polar surface area (TPSA) is 121 Å². The minimum absolute atomic E-state index is 0. The van der Waals surface area contributed by atoms with Crippen LogP contribution in [0.3, 0.4) is 0 Å². The van der Waals surface area contributed by atoms with Crippen molar-refractivity contribution in [3.05, 3.63) is 12.2 Å². The van der Waals surface area contributed by atoms with E-state index in [4.69, 9.17) is 0 Å². The Balaban J connectivity index is 0.0000116. The van der Waals surface area contributed by atoms with Crippen LogP contribution >= 0.6 is 0 Å². The summed E-state index contributed by atoms with van der Waals surface area (Å²) in [5, 5.41) is 19.2. The smallest absolute Gasteiger partial charge is 0.748 e. The third kappa shape index (κ3) is 17.0. The molecule has 8 nitrogen and oxygen atoms in total. The van der Waals surface area contributed by atoms with Crippen molar-refractivity contribution in [1.82, 2.24) is 4.90 Å². The maximum Gasteiger partial charge on any atom is 1.00 e. The Hall–Kier alpha value is -0.290. The Bertz CT molecular complexity index is 742. The largest absolute Gasteiger partial charge is 1.00 e. The molecule has 10 heteroatoms. The van der Waals surface area contributed by atoms with Crippen LogP contribution in [0.2, 0.25) is 0 Å². The molecule has 0 aliphatic carbocycles. The Kier molecular flexibility index (Phi) is 20.6. The number of aliphatic hydroxyl groups is 2. The second-order valence-electron chi connectivity index (χ2n) is 9.26. The van der Waals surface area contributed by atoms with Gasteiger partial charge in [0, 0.05) is 6.42 Å². The summed E-state index contributed by atoms with van der Waals surface area (Å²) in [4.78, 5) is 14.6. The van der Waals surface area contributed by atoms with Gasteiger partial charge in [0.25, 0.3) is 0 Å². The third-order valence-electron chi connectivity index (χ3n) is 6.10. The molecular formula is C25H46N2NaO6S+. The Morgan fingerprint density at radius 3 is 2.20 bits per heavy atom. The molecule has 2 N–H and O–H groups in total.